The maximum Gasteiger partial charge on any atom is 0.246 e. The van der Waals surface area contributed by atoms with Gasteiger partial charge in [0.05, 0.1) is 47.5 Å². The van der Waals surface area contributed by atoms with Gasteiger partial charge in [0.25, 0.3) is 0 Å². The number of aliphatic hydroxyl groups excluding tert-OH is 1. The first-order chi connectivity index (χ1) is 30.1. The summed E-state index contributed by atoms with van der Waals surface area (Å²) < 4.78 is 13.0. The molecular formula is C47H60BrN7O6S2. The molecule has 1 aliphatic rings. The van der Waals surface area contributed by atoms with E-state index in [9.17, 15) is 19.5 Å². The van der Waals surface area contributed by atoms with Crippen LogP contribution in [0.3, 0.4) is 0 Å². The van der Waals surface area contributed by atoms with Crippen molar-refractivity contribution in [3.63, 3.8) is 0 Å². The van der Waals surface area contributed by atoms with Gasteiger partial charge in [-0.05, 0) is 78.2 Å². The van der Waals surface area contributed by atoms with Crippen LogP contribution in [0.1, 0.15) is 107 Å². The largest absolute Gasteiger partial charge is 0.493 e. The van der Waals surface area contributed by atoms with Gasteiger partial charge in [-0.2, -0.15) is 0 Å². The minimum atomic E-state index is -0.854. The number of rotatable bonds is 20. The van der Waals surface area contributed by atoms with Crippen LogP contribution in [-0.2, 0) is 20.9 Å². The average molecular weight is 963 g/mol. The third-order valence-corrected chi connectivity index (χ3v) is 14.1. The molecule has 0 radical (unpaired) electrons. The molecule has 4 heterocycles. The minimum absolute atomic E-state index is 0.0327. The molecule has 0 saturated carbocycles. The minimum Gasteiger partial charge on any atom is -0.493 e. The van der Waals surface area contributed by atoms with E-state index in [1.54, 1.807) is 29.8 Å². The van der Waals surface area contributed by atoms with Gasteiger partial charge in [-0.3, -0.25) is 14.4 Å². The van der Waals surface area contributed by atoms with E-state index >= 15 is 0 Å². The van der Waals surface area contributed by atoms with Gasteiger partial charge < -0.3 is 35.4 Å². The second-order valence-electron chi connectivity index (χ2n) is 17.3. The van der Waals surface area contributed by atoms with Gasteiger partial charge in [0, 0.05) is 52.1 Å². The molecule has 6 rings (SSSR count). The fourth-order valence-corrected chi connectivity index (χ4v) is 10.0. The Morgan fingerprint density at radius 1 is 0.984 bits per heavy atom. The maximum absolute atomic E-state index is 14.0. The molecule has 0 unspecified atom stereocenters. The molecule has 1 aliphatic heterocycles. The fourth-order valence-electron chi connectivity index (χ4n) is 7.76. The Balaban J connectivity index is 0.916. The molecular weight excluding hydrogens is 903 g/mol. The highest BCUT2D eigenvalue weighted by Gasteiger charge is 2.44. The predicted molar refractivity (Wildman–Crippen MR) is 254 cm³/mol. The number of methoxy groups -OCH3 is 1. The number of carbonyl (C=O) groups is 3. The normalized spacial score (nSPS) is 16.2. The van der Waals surface area contributed by atoms with E-state index in [4.69, 9.17) is 14.5 Å². The average Bonchev–Trinajstić information content (AvgIpc) is 4.00. The first kappa shape index (κ1) is 47.8. The number of amides is 3. The van der Waals surface area contributed by atoms with Gasteiger partial charge in [0.2, 0.25) is 17.7 Å². The summed E-state index contributed by atoms with van der Waals surface area (Å²) in [5, 5.41) is 23.0. The lowest BCUT2D eigenvalue weighted by molar-refractivity contribution is -0.144. The van der Waals surface area contributed by atoms with Gasteiger partial charge in [0.1, 0.15) is 23.7 Å². The summed E-state index contributed by atoms with van der Waals surface area (Å²) in [6.07, 6.45) is 5.00. The van der Waals surface area contributed by atoms with Crippen molar-refractivity contribution >= 4 is 73.0 Å². The van der Waals surface area contributed by atoms with Crippen LogP contribution in [-0.4, -0.2) is 81.1 Å². The molecule has 63 heavy (non-hydrogen) atoms. The number of nitrogens with one attached hydrogen (secondary N) is 3. The summed E-state index contributed by atoms with van der Waals surface area (Å²) in [5.41, 5.74) is 4.94. The smallest absolute Gasteiger partial charge is 0.246 e. The van der Waals surface area contributed by atoms with Crippen molar-refractivity contribution in [2.45, 2.75) is 124 Å². The molecule has 3 aromatic heterocycles. The molecule has 4 N–H and O–H groups in total. The first-order valence-electron chi connectivity index (χ1n) is 21.7. The van der Waals surface area contributed by atoms with E-state index in [-0.39, 0.29) is 43.3 Å². The number of aromatic nitrogens is 3. The van der Waals surface area contributed by atoms with Gasteiger partial charge in [0.15, 0.2) is 11.5 Å². The zero-order valence-corrected chi connectivity index (χ0v) is 40.5. The number of nitrogens with zero attached hydrogens (tertiary/aromatic N) is 4. The molecule has 5 aromatic rings. The Hall–Kier alpha value is -4.64. The number of thiazole rings is 1. The fraction of sp³-hybridized carbons (Fsp3) is 0.489. The van der Waals surface area contributed by atoms with E-state index in [0.717, 1.165) is 75.0 Å². The Labute approximate surface area is 386 Å². The summed E-state index contributed by atoms with van der Waals surface area (Å²) >= 11 is 6.81. The number of hydrogen-bond acceptors (Lipinski definition) is 12. The number of carbonyl (C=O) groups excluding carboxylic acids is 3. The summed E-state index contributed by atoms with van der Waals surface area (Å²) in [5.74, 6) is 1.78. The Morgan fingerprint density at radius 2 is 1.71 bits per heavy atom. The standard InChI is InChI=1S/C47H60BrN7O6S2/c1-28(40-20-33(48)26-62-40)51-44-35-22-38(60-7)39(23-36(35)52-30(3)53-44)61-19-13-11-9-8-10-12-14-41(57)54-43(47(4,5)6)46(59)55-25-34(56)21-37(55)45(58)49-24-31-15-17-32(18-16-31)42-29(2)50-27-63-42/h15-18,20,22-23,26-28,34,37,43,56H,8-14,19,21,24-25H2,1-7H3,(H,49,58)(H,54,57)(H,51,52,53)/t28-,34+,37-,43+/m0/s1. The number of ether oxygens (including phenoxy) is 2. The molecule has 1 fully saturated rings. The third kappa shape index (κ3) is 12.8. The molecule has 3 amide bonds. The number of fused-ring (bicyclic) bond motifs is 1. The third-order valence-electron chi connectivity index (χ3n) is 11.2. The number of thiophene rings is 1. The van der Waals surface area contributed by atoms with E-state index in [1.165, 1.54) is 9.78 Å². The Bertz CT molecular complexity index is 2350. The molecule has 0 bridgehead atoms. The van der Waals surface area contributed by atoms with Crippen LogP contribution in [0.15, 0.2) is 57.8 Å². The molecule has 4 atom stereocenters. The predicted octanol–water partition coefficient (Wildman–Crippen LogP) is 9.29. The zero-order chi connectivity index (χ0) is 45.3. The zero-order valence-electron chi connectivity index (χ0n) is 37.3. The van der Waals surface area contributed by atoms with Crippen LogP contribution < -0.4 is 25.4 Å². The second-order valence-corrected chi connectivity index (χ2v) is 20.1. The first-order valence-corrected chi connectivity index (χ1v) is 24.2. The Morgan fingerprint density at radius 3 is 2.38 bits per heavy atom. The van der Waals surface area contributed by atoms with Crippen LogP contribution in [0.4, 0.5) is 5.82 Å². The van der Waals surface area contributed by atoms with Gasteiger partial charge in [-0.25, -0.2) is 15.0 Å². The molecule has 13 nitrogen and oxygen atoms in total. The topological polar surface area (TPSA) is 168 Å². The number of hydrogen-bond donors (Lipinski definition) is 4. The number of halogens is 1. The lowest BCUT2D eigenvalue weighted by Gasteiger charge is -2.35. The van der Waals surface area contributed by atoms with E-state index in [2.05, 4.69) is 60.2 Å². The number of aryl methyl sites for hydroxylation is 2. The van der Waals surface area contributed by atoms with Crippen molar-refractivity contribution in [1.29, 1.82) is 0 Å². The van der Waals surface area contributed by atoms with Gasteiger partial charge in [-0.1, -0.05) is 70.7 Å². The number of unbranched alkanes of at least 4 members (excludes halogenated alkanes) is 5. The molecule has 16 heteroatoms. The lowest BCUT2D eigenvalue weighted by Crippen LogP contribution is -2.57. The molecule has 1 saturated heterocycles. The van der Waals surface area contributed by atoms with Crippen LogP contribution >= 0.6 is 38.6 Å². The quantitative estimate of drug-likeness (QED) is 0.0552. The van der Waals surface area contributed by atoms with Crippen molar-refractivity contribution in [2.24, 2.45) is 5.41 Å². The second kappa shape index (κ2) is 21.8. The number of likely N-dealkylation sites (tertiary alicyclic amines) is 1. The van der Waals surface area contributed by atoms with E-state index < -0.39 is 23.6 Å². The maximum atomic E-state index is 14.0. The van der Waals surface area contributed by atoms with E-state index in [0.29, 0.717) is 36.8 Å². The van der Waals surface area contributed by atoms with Crippen molar-refractivity contribution in [3.05, 3.63) is 79.8 Å². The van der Waals surface area contributed by atoms with Crippen molar-refractivity contribution < 1.29 is 29.0 Å². The summed E-state index contributed by atoms with van der Waals surface area (Å²) in [7, 11) is 1.63. The number of β-amino-alcohol motifs (C(OH)–C–C–N with tert-alkyl or cyclic N) is 1. The highest BCUT2D eigenvalue weighted by atomic mass is 79.9. The highest BCUT2D eigenvalue weighted by molar-refractivity contribution is 9.10. The molecule has 0 spiro atoms. The molecule has 2 aromatic carbocycles. The van der Waals surface area contributed by atoms with Gasteiger partial charge in [-0.15, -0.1) is 22.7 Å². The van der Waals surface area contributed by atoms with Crippen molar-refractivity contribution in [2.75, 3.05) is 25.6 Å². The number of anilines is 1. The van der Waals surface area contributed by atoms with Crippen LogP contribution in [0.2, 0.25) is 0 Å². The van der Waals surface area contributed by atoms with E-state index in [1.807, 2.05) is 76.5 Å². The van der Waals surface area contributed by atoms with Crippen molar-refractivity contribution in [1.82, 2.24) is 30.5 Å². The summed E-state index contributed by atoms with van der Waals surface area (Å²) in [6.45, 7) is 12.5. The highest BCUT2D eigenvalue weighted by Crippen LogP contribution is 2.37. The van der Waals surface area contributed by atoms with Crippen LogP contribution in [0.25, 0.3) is 21.3 Å². The van der Waals surface area contributed by atoms with Crippen LogP contribution in [0.5, 0.6) is 11.5 Å². The number of aliphatic hydroxyl groups is 1. The van der Waals surface area contributed by atoms with Crippen LogP contribution in [0, 0.1) is 19.3 Å². The monoisotopic (exact) mass is 961 g/mol. The number of benzene rings is 2. The summed E-state index contributed by atoms with van der Waals surface area (Å²) in [4.78, 5) is 58.1. The summed E-state index contributed by atoms with van der Waals surface area (Å²) in [6, 6.07) is 12.3. The molecule has 338 valence electrons. The lowest BCUT2D eigenvalue weighted by atomic mass is 9.85. The SMILES string of the molecule is COc1cc2c(N[C@@H](C)c3cc(Br)cs3)nc(C)nc2cc1OCCCCCCCCC(=O)N[C@H](C(=O)N1C[C@H](O)C[C@H]1C(=O)NCc1ccc(-c2scnc2C)cc1)C(C)(C)C. The van der Waals surface area contributed by atoms with Gasteiger partial charge >= 0.3 is 0 Å². The molecule has 0 aliphatic carbocycles. The van der Waals surface area contributed by atoms with Crippen molar-refractivity contribution in [3.8, 4) is 21.9 Å². The Kier molecular flexibility index (Phi) is 16.6.